The van der Waals surface area contributed by atoms with E-state index in [-0.39, 0.29) is 81.1 Å². The van der Waals surface area contributed by atoms with E-state index in [4.69, 9.17) is 14.2 Å². The maximum Gasteiger partial charge on any atom is 0.344 e. The Morgan fingerprint density at radius 1 is 0.236 bits per heavy atom. The van der Waals surface area contributed by atoms with Crippen LogP contribution in [-0.4, -0.2) is 252 Å². The zero-order valence-electron chi connectivity index (χ0n) is 46.0. The molecule has 38 heteroatoms. The van der Waals surface area contributed by atoms with Crippen LogP contribution in [0.5, 0.6) is 0 Å². The molecule has 0 aromatic carbocycles. The Morgan fingerprint density at radius 2 is 0.404 bits per heavy atom. The Bertz CT molecular complexity index is 2150. The van der Waals surface area contributed by atoms with Crippen molar-refractivity contribution in [3.63, 3.8) is 0 Å². The lowest BCUT2D eigenvalue weighted by Gasteiger charge is -2.09. The van der Waals surface area contributed by atoms with Crippen LogP contribution in [0.1, 0.15) is 70.2 Å². The van der Waals surface area contributed by atoms with Gasteiger partial charge in [-0.25, -0.2) is 76.7 Å². The fourth-order valence-corrected chi connectivity index (χ4v) is 4.25. The van der Waals surface area contributed by atoms with Gasteiger partial charge in [0.25, 0.3) is 0 Å². The maximum absolute atomic E-state index is 11.8. The van der Waals surface area contributed by atoms with E-state index >= 15 is 0 Å². The topological polar surface area (TPSA) is 495 Å². The first-order valence-corrected chi connectivity index (χ1v) is 24.3. The molecule has 0 atom stereocenters. The summed E-state index contributed by atoms with van der Waals surface area (Å²) in [6, 6.07) is -0.0176. The number of nitrogens with one attached hydrogen (secondary N) is 1. The molecule has 0 saturated carbocycles. The third kappa shape index (κ3) is 56.0. The molecule has 508 valence electrons. The van der Waals surface area contributed by atoms with Crippen LogP contribution in [0, 0.1) is 5.92 Å². The molecule has 0 aliphatic rings. The molecule has 0 radical (unpaired) electrons. The number of ether oxygens (including phenoxy) is 19. The largest absolute Gasteiger partial charge is 0.461 e. The molecule has 0 bridgehead atoms. The summed E-state index contributed by atoms with van der Waals surface area (Å²) >= 11 is 0. The molecule has 0 amide bonds. The Kier molecular flexibility index (Phi) is 53.3. The van der Waals surface area contributed by atoms with E-state index in [0.717, 1.165) is 0 Å². The van der Waals surface area contributed by atoms with Gasteiger partial charge in [0.2, 0.25) is 0 Å². The van der Waals surface area contributed by atoms with Crippen LogP contribution in [0.15, 0.2) is 0 Å². The standard InChI is InChI=1S/C47H61NO37.4CH4/c1-28(2)5-6-30(49)70-14-34(53)74-18-38(57)78-22-42(61)82-26-46(65)84-24-44(63)80-20-40(59)76-16-36(55)72-12-32(51)68-9-7-67-8-10-69-33(52)13-73-37(56)17-77-41(60)21-81-45(64)25-85-47(66)27-83-43(62)23-79-39(58)19-75-35(54)15-71-31(50)11-48-29(3)4;;;;/h28-29,48H,5-27H2,1-4H3;4*1H4. The number of rotatable bonds is 44. The lowest BCUT2D eigenvalue weighted by molar-refractivity contribution is -0.173. The van der Waals surface area contributed by atoms with Gasteiger partial charge in [-0.2, -0.15) is 0 Å². The highest BCUT2D eigenvalue weighted by Crippen LogP contribution is 2.04. The average molecular weight is 1300 g/mol. The molecule has 0 heterocycles. The summed E-state index contributed by atoms with van der Waals surface area (Å²) in [5, 5.41) is 2.75. The van der Waals surface area contributed by atoms with Crippen molar-refractivity contribution in [3.05, 3.63) is 0 Å². The fourth-order valence-electron chi connectivity index (χ4n) is 4.25. The van der Waals surface area contributed by atoms with Crippen molar-refractivity contribution >= 4 is 107 Å². The third-order valence-corrected chi connectivity index (χ3v) is 8.18. The van der Waals surface area contributed by atoms with E-state index in [1.54, 1.807) is 13.8 Å². The average Bonchev–Trinajstić information content (AvgIpc) is 3.49. The first kappa shape index (κ1) is 88.1. The molecule has 89 heavy (non-hydrogen) atoms. The van der Waals surface area contributed by atoms with E-state index < -0.39 is 213 Å². The smallest absolute Gasteiger partial charge is 0.344 e. The van der Waals surface area contributed by atoms with Gasteiger partial charge >= 0.3 is 107 Å². The Hall–Kier alpha value is -9.62. The summed E-state index contributed by atoms with van der Waals surface area (Å²) < 4.78 is 86.8. The van der Waals surface area contributed by atoms with Crippen molar-refractivity contribution < 1.29 is 176 Å². The van der Waals surface area contributed by atoms with E-state index in [2.05, 4.69) is 81.1 Å². The van der Waals surface area contributed by atoms with Crippen molar-refractivity contribution in [2.75, 3.05) is 139 Å². The van der Waals surface area contributed by atoms with Gasteiger partial charge in [0.05, 0.1) is 19.8 Å². The van der Waals surface area contributed by atoms with Crippen molar-refractivity contribution in [2.45, 2.75) is 76.3 Å². The molecule has 0 unspecified atom stereocenters. The van der Waals surface area contributed by atoms with E-state index in [1.165, 1.54) is 0 Å². The lowest BCUT2D eigenvalue weighted by Crippen LogP contribution is -2.31. The maximum atomic E-state index is 11.8. The Morgan fingerprint density at radius 3 is 0.584 bits per heavy atom. The molecule has 0 spiro atoms. The molecule has 38 nitrogen and oxygen atoms in total. The normalized spacial score (nSPS) is 9.78. The minimum atomic E-state index is -1.28. The molecular weight excluding hydrogens is 1220 g/mol. The lowest BCUT2D eigenvalue weighted by atomic mass is 10.1. The number of carbonyl (C=O) groups excluding carboxylic acids is 18. The van der Waals surface area contributed by atoms with Crippen LogP contribution in [-0.2, 0) is 176 Å². The SMILES string of the molecule is C.C.C.C.CC(C)CCC(=O)OCC(=O)OCC(=O)OCC(=O)OCC(=O)OCC(=O)OCC(=O)OCC(=O)OCC(=O)OCCOCCOC(=O)COC(=O)COC(=O)COC(=O)COC(=O)COC(=O)COC(=O)COC(=O)COC(=O)CNC(C)C. The number of hydrogen-bond donors (Lipinski definition) is 1. The number of hydrogen-bond acceptors (Lipinski definition) is 38. The van der Waals surface area contributed by atoms with Gasteiger partial charge in [-0.3, -0.25) is 9.59 Å². The molecule has 0 aliphatic carbocycles. The monoisotopic (exact) mass is 1300 g/mol. The number of carbonyl (C=O) groups is 18. The molecule has 0 saturated heterocycles. The van der Waals surface area contributed by atoms with Gasteiger partial charge < -0.3 is 95.3 Å². The van der Waals surface area contributed by atoms with E-state index in [1.807, 2.05) is 13.8 Å². The quantitative estimate of drug-likeness (QED) is 0.0356. The van der Waals surface area contributed by atoms with Crippen LogP contribution in [0.3, 0.4) is 0 Å². The Labute approximate surface area is 509 Å². The van der Waals surface area contributed by atoms with Crippen molar-refractivity contribution in [1.82, 2.24) is 5.32 Å². The Balaban J connectivity index is -0.00000588. The second-order valence-corrected chi connectivity index (χ2v) is 16.1. The molecular formula is C51H77NO37. The van der Waals surface area contributed by atoms with Gasteiger partial charge in [0.15, 0.2) is 106 Å². The van der Waals surface area contributed by atoms with Crippen LogP contribution in [0.2, 0.25) is 0 Å². The fraction of sp³-hybridized carbons (Fsp3) is 0.647. The highest BCUT2D eigenvalue weighted by molar-refractivity contribution is 5.86. The van der Waals surface area contributed by atoms with Crippen LogP contribution in [0.25, 0.3) is 0 Å². The van der Waals surface area contributed by atoms with Crippen LogP contribution >= 0.6 is 0 Å². The van der Waals surface area contributed by atoms with Gasteiger partial charge in [0, 0.05) is 12.5 Å². The molecule has 0 fully saturated rings. The predicted octanol–water partition coefficient (Wildman–Crippen LogP) is -3.24. The zero-order chi connectivity index (χ0) is 64.0. The molecule has 0 aromatic rings. The van der Waals surface area contributed by atoms with Crippen molar-refractivity contribution in [1.29, 1.82) is 0 Å². The first-order chi connectivity index (χ1) is 40.2. The first-order valence-electron chi connectivity index (χ1n) is 24.3. The summed E-state index contributed by atoms with van der Waals surface area (Å²) in [5.41, 5.74) is 0. The second-order valence-electron chi connectivity index (χ2n) is 16.1. The van der Waals surface area contributed by atoms with Crippen molar-refractivity contribution in [2.24, 2.45) is 5.92 Å². The van der Waals surface area contributed by atoms with Gasteiger partial charge in [-0.05, 0) is 12.3 Å². The summed E-state index contributed by atoms with van der Waals surface area (Å²) in [6.07, 6.45) is 0.618. The minimum Gasteiger partial charge on any atom is -0.461 e. The second kappa shape index (κ2) is 53.8. The highest BCUT2D eigenvalue weighted by Gasteiger charge is 2.21. The summed E-state index contributed by atoms with van der Waals surface area (Å²) in [7, 11) is 0. The molecule has 0 aliphatic heterocycles. The predicted molar refractivity (Wildman–Crippen MR) is 282 cm³/mol. The number of esters is 18. The van der Waals surface area contributed by atoms with Crippen molar-refractivity contribution in [3.8, 4) is 0 Å². The van der Waals surface area contributed by atoms with E-state index in [9.17, 15) is 86.3 Å². The van der Waals surface area contributed by atoms with Gasteiger partial charge in [-0.1, -0.05) is 57.4 Å². The molecule has 0 rings (SSSR count). The van der Waals surface area contributed by atoms with Crippen LogP contribution in [0.4, 0.5) is 0 Å². The van der Waals surface area contributed by atoms with Gasteiger partial charge in [0.1, 0.15) is 13.2 Å². The highest BCUT2D eigenvalue weighted by atomic mass is 16.7. The van der Waals surface area contributed by atoms with Gasteiger partial charge in [-0.15, -0.1) is 0 Å². The molecule has 0 aromatic heterocycles. The van der Waals surface area contributed by atoms with Crippen LogP contribution < -0.4 is 5.32 Å². The van der Waals surface area contributed by atoms with E-state index in [0.29, 0.717) is 6.42 Å². The zero-order valence-corrected chi connectivity index (χ0v) is 46.0. The summed E-state index contributed by atoms with van der Waals surface area (Å²) in [5.74, 6) is -20.4. The summed E-state index contributed by atoms with van der Waals surface area (Å²) in [6.45, 7) is -9.82. The molecule has 1 N–H and O–H groups in total. The summed E-state index contributed by atoms with van der Waals surface area (Å²) in [4.78, 5) is 210. The minimum absolute atomic E-state index is 0. The third-order valence-electron chi connectivity index (χ3n) is 8.18.